The van der Waals surface area contributed by atoms with Crippen molar-refractivity contribution in [1.29, 1.82) is 0 Å². The van der Waals surface area contributed by atoms with Crippen molar-refractivity contribution in [3.05, 3.63) is 78.1 Å². The van der Waals surface area contributed by atoms with Crippen LogP contribution in [0.4, 0.5) is 11.6 Å². The molecule has 3 rings (SSSR count). The summed E-state index contributed by atoms with van der Waals surface area (Å²) < 4.78 is 5.84. The minimum Gasteiger partial charge on any atom is -0.492 e. The van der Waals surface area contributed by atoms with Crippen LogP contribution in [-0.4, -0.2) is 23.1 Å². The molecule has 2 heterocycles. The van der Waals surface area contributed by atoms with Gasteiger partial charge < -0.3 is 9.64 Å². The first-order valence-corrected chi connectivity index (χ1v) is 8.03. The van der Waals surface area contributed by atoms with E-state index in [4.69, 9.17) is 4.74 Å². The van der Waals surface area contributed by atoms with Crippen molar-refractivity contribution in [1.82, 2.24) is 9.97 Å². The Morgan fingerprint density at radius 1 is 0.833 bits per heavy atom. The summed E-state index contributed by atoms with van der Waals surface area (Å²) in [5.41, 5.74) is 2.34. The van der Waals surface area contributed by atoms with Crippen LogP contribution >= 0.6 is 0 Å². The topological polar surface area (TPSA) is 38.2 Å². The van der Waals surface area contributed by atoms with Gasteiger partial charge in [-0.1, -0.05) is 18.2 Å². The van der Waals surface area contributed by atoms with Crippen LogP contribution in [0.2, 0.25) is 0 Å². The maximum Gasteiger partial charge on any atom is 0.134 e. The molecule has 0 radical (unpaired) electrons. The second-order valence-electron chi connectivity index (χ2n) is 5.70. The van der Waals surface area contributed by atoms with Gasteiger partial charge in [-0.3, -0.25) is 0 Å². The highest BCUT2D eigenvalue weighted by atomic mass is 16.5. The molecule has 1 aromatic carbocycles. The monoisotopic (exact) mass is 319 g/mol. The van der Waals surface area contributed by atoms with Crippen molar-refractivity contribution in [2.24, 2.45) is 0 Å². The van der Waals surface area contributed by atoms with Gasteiger partial charge in [0.2, 0.25) is 0 Å². The summed E-state index contributed by atoms with van der Waals surface area (Å²) in [6.45, 7) is 5.35. The Bertz CT molecular complexity index is 744. The molecule has 0 unspecified atom stereocenters. The fraction of sp³-hybridized carbons (Fsp3) is 0.200. The zero-order valence-electron chi connectivity index (χ0n) is 14.0. The molecular weight excluding hydrogens is 298 g/mol. The van der Waals surface area contributed by atoms with Crippen LogP contribution in [-0.2, 0) is 0 Å². The first-order valence-electron chi connectivity index (χ1n) is 8.03. The molecule has 24 heavy (non-hydrogen) atoms. The van der Waals surface area contributed by atoms with E-state index in [1.165, 1.54) is 11.1 Å². The Morgan fingerprint density at radius 3 is 1.96 bits per heavy atom. The smallest absolute Gasteiger partial charge is 0.134 e. The van der Waals surface area contributed by atoms with Crippen molar-refractivity contribution in [3.8, 4) is 5.75 Å². The van der Waals surface area contributed by atoms with Crippen molar-refractivity contribution < 1.29 is 4.74 Å². The maximum atomic E-state index is 5.84. The minimum absolute atomic E-state index is 0.551. The molecule has 0 aliphatic rings. The van der Waals surface area contributed by atoms with Crippen molar-refractivity contribution in [2.45, 2.75) is 13.8 Å². The van der Waals surface area contributed by atoms with Gasteiger partial charge in [0.25, 0.3) is 0 Å². The molecule has 0 aliphatic heterocycles. The zero-order valence-corrected chi connectivity index (χ0v) is 14.0. The third-order valence-corrected chi connectivity index (χ3v) is 3.68. The first kappa shape index (κ1) is 16.0. The summed E-state index contributed by atoms with van der Waals surface area (Å²) in [5.74, 6) is 2.63. The van der Waals surface area contributed by atoms with Crippen LogP contribution in [0.1, 0.15) is 11.1 Å². The highest BCUT2D eigenvalue weighted by Crippen LogP contribution is 2.22. The number of aryl methyl sites for hydroxylation is 2. The average molecular weight is 319 g/mol. The van der Waals surface area contributed by atoms with E-state index in [1.54, 1.807) is 0 Å². The number of aromatic nitrogens is 2. The molecule has 122 valence electrons. The standard InChI is InChI=1S/C20H21N3O/c1-16-8-10-21-19(14-16)23(20-15-17(2)9-11-22-20)12-13-24-18-6-4-3-5-7-18/h3-11,14-15H,12-13H2,1-2H3. The number of nitrogens with zero attached hydrogens (tertiary/aromatic N) is 3. The van der Waals surface area contributed by atoms with Crippen molar-refractivity contribution in [3.63, 3.8) is 0 Å². The molecule has 0 saturated carbocycles. The molecular formula is C20H21N3O. The van der Waals surface area contributed by atoms with Gasteiger partial charge in [0.1, 0.15) is 24.0 Å². The molecule has 0 atom stereocenters. The summed E-state index contributed by atoms with van der Waals surface area (Å²) in [7, 11) is 0. The summed E-state index contributed by atoms with van der Waals surface area (Å²) >= 11 is 0. The third-order valence-electron chi connectivity index (χ3n) is 3.68. The summed E-state index contributed by atoms with van der Waals surface area (Å²) in [4.78, 5) is 11.1. The van der Waals surface area contributed by atoms with Crippen LogP contribution in [0.3, 0.4) is 0 Å². The lowest BCUT2D eigenvalue weighted by molar-refractivity contribution is 0.327. The van der Waals surface area contributed by atoms with Crippen molar-refractivity contribution >= 4 is 11.6 Å². The third kappa shape index (κ3) is 4.10. The van der Waals surface area contributed by atoms with Crippen LogP contribution < -0.4 is 9.64 Å². The quantitative estimate of drug-likeness (QED) is 0.678. The average Bonchev–Trinajstić information content (AvgIpc) is 2.59. The SMILES string of the molecule is Cc1ccnc(N(CCOc2ccccc2)c2cc(C)ccn2)c1. The first-order chi connectivity index (χ1) is 11.7. The summed E-state index contributed by atoms with van der Waals surface area (Å²) in [6.07, 6.45) is 3.65. The molecule has 0 aliphatic carbocycles. The van der Waals surface area contributed by atoms with Gasteiger partial charge in [0.05, 0.1) is 6.54 Å². The molecule has 3 aromatic rings. The van der Waals surface area contributed by atoms with Crippen LogP contribution in [0.25, 0.3) is 0 Å². The number of anilines is 2. The van der Waals surface area contributed by atoms with E-state index >= 15 is 0 Å². The lowest BCUT2D eigenvalue weighted by atomic mass is 10.2. The van der Waals surface area contributed by atoms with E-state index in [1.807, 2.05) is 54.9 Å². The number of para-hydroxylation sites is 1. The largest absolute Gasteiger partial charge is 0.492 e. The Balaban J connectivity index is 1.79. The molecule has 4 heteroatoms. The van der Waals surface area contributed by atoms with E-state index in [2.05, 4.69) is 40.8 Å². The lowest BCUT2D eigenvalue weighted by Crippen LogP contribution is -2.25. The molecule has 0 fully saturated rings. The van der Waals surface area contributed by atoms with Gasteiger partial charge in [0.15, 0.2) is 0 Å². The van der Waals surface area contributed by atoms with Gasteiger partial charge >= 0.3 is 0 Å². The van der Waals surface area contributed by atoms with Gasteiger partial charge in [-0.05, 0) is 61.4 Å². The Kier molecular flexibility index (Phi) is 5.06. The minimum atomic E-state index is 0.551. The molecule has 0 bridgehead atoms. The predicted octanol–water partition coefficient (Wildman–Crippen LogP) is 4.31. The lowest BCUT2D eigenvalue weighted by Gasteiger charge is -2.23. The fourth-order valence-corrected chi connectivity index (χ4v) is 2.45. The second-order valence-corrected chi connectivity index (χ2v) is 5.70. The normalized spacial score (nSPS) is 10.4. The van der Waals surface area contributed by atoms with E-state index in [0.29, 0.717) is 13.2 Å². The molecule has 2 aromatic heterocycles. The van der Waals surface area contributed by atoms with Gasteiger partial charge in [-0.25, -0.2) is 9.97 Å². The Labute approximate surface area is 142 Å². The molecule has 0 amide bonds. The van der Waals surface area contributed by atoms with E-state index in [9.17, 15) is 0 Å². The maximum absolute atomic E-state index is 5.84. The number of rotatable bonds is 6. The molecule has 0 saturated heterocycles. The Morgan fingerprint density at radius 2 is 1.42 bits per heavy atom. The number of ether oxygens (including phenoxy) is 1. The van der Waals surface area contributed by atoms with Gasteiger partial charge in [-0.2, -0.15) is 0 Å². The van der Waals surface area contributed by atoms with Crippen LogP contribution in [0, 0.1) is 13.8 Å². The second kappa shape index (κ2) is 7.59. The molecule has 0 spiro atoms. The highest BCUT2D eigenvalue weighted by molar-refractivity contribution is 5.57. The number of hydrogen-bond acceptors (Lipinski definition) is 4. The Hall–Kier alpha value is -2.88. The van der Waals surface area contributed by atoms with Crippen LogP contribution in [0.15, 0.2) is 67.0 Å². The van der Waals surface area contributed by atoms with Crippen LogP contribution in [0.5, 0.6) is 5.75 Å². The molecule has 0 N–H and O–H groups in total. The highest BCUT2D eigenvalue weighted by Gasteiger charge is 2.12. The molecule has 4 nitrogen and oxygen atoms in total. The van der Waals surface area contributed by atoms with Gasteiger partial charge in [0, 0.05) is 12.4 Å². The van der Waals surface area contributed by atoms with Crippen molar-refractivity contribution in [2.75, 3.05) is 18.1 Å². The zero-order chi connectivity index (χ0) is 16.8. The van der Waals surface area contributed by atoms with E-state index < -0.39 is 0 Å². The predicted molar refractivity (Wildman–Crippen MR) is 96.9 cm³/mol. The summed E-state index contributed by atoms with van der Waals surface area (Å²) in [6, 6.07) is 17.9. The van der Waals surface area contributed by atoms with E-state index in [-0.39, 0.29) is 0 Å². The number of pyridine rings is 2. The van der Waals surface area contributed by atoms with Gasteiger partial charge in [-0.15, -0.1) is 0 Å². The fourth-order valence-electron chi connectivity index (χ4n) is 2.45. The summed E-state index contributed by atoms with van der Waals surface area (Å²) in [5, 5.41) is 0. The number of benzene rings is 1. The number of hydrogen-bond donors (Lipinski definition) is 0. The van der Waals surface area contributed by atoms with E-state index in [0.717, 1.165) is 17.4 Å².